The molecule has 0 amide bonds. The summed E-state index contributed by atoms with van der Waals surface area (Å²) >= 11 is 0. The Bertz CT molecular complexity index is 450. The number of rotatable bonds is 9. The summed E-state index contributed by atoms with van der Waals surface area (Å²) in [6.45, 7) is 5.31. The van der Waals surface area contributed by atoms with Crippen LogP contribution in [0.3, 0.4) is 0 Å². The molecule has 1 N–H and O–H groups in total. The van der Waals surface area contributed by atoms with E-state index in [0.717, 1.165) is 0 Å². The Hall–Kier alpha value is -1.67. The van der Waals surface area contributed by atoms with E-state index in [9.17, 15) is 19.5 Å². The van der Waals surface area contributed by atoms with Crippen molar-refractivity contribution in [2.45, 2.75) is 83.9 Å². The van der Waals surface area contributed by atoms with Crippen LogP contribution in [-0.4, -0.2) is 54.2 Å². The van der Waals surface area contributed by atoms with E-state index >= 15 is 0 Å². The summed E-state index contributed by atoms with van der Waals surface area (Å²) in [6.07, 6.45) is -2.48. The summed E-state index contributed by atoms with van der Waals surface area (Å²) in [6, 6.07) is 0. The molecule has 25 heavy (non-hydrogen) atoms. The molecule has 1 heterocycles. The summed E-state index contributed by atoms with van der Waals surface area (Å²) < 4.78 is 21.0. The second-order valence-corrected chi connectivity index (χ2v) is 5.91. The van der Waals surface area contributed by atoms with E-state index in [-0.39, 0.29) is 25.9 Å². The van der Waals surface area contributed by atoms with Crippen LogP contribution < -0.4 is 0 Å². The molecule has 4 atom stereocenters. The minimum Gasteiger partial charge on any atom is -0.456 e. The molecule has 0 radical (unpaired) electrons. The van der Waals surface area contributed by atoms with E-state index in [4.69, 9.17) is 18.9 Å². The average molecular weight is 360 g/mol. The van der Waals surface area contributed by atoms with E-state index in [1.54, 1.807) is 0 Å². The monoisotopic (exact) mass is 360 g/mol. The maximum atomic E-state index is 11.9. The first-order valence-electron chi connectivity index (χ1n) is 8.80. The number of aliphatic hydroxyl groups is 1. The van der Waals surface area contributed by atoms with Crippen molar-refractivity contribution < 1.29 is 38.4 Å². The molecule has 0 spiro atoms. The minimum absolute atomic E-state index is 0.150. The highest BCUT2D eigenvalue weighted by molar-refractivity contribution is 5.71. The van der Waals surface area contributed by atoms with Crippen molar-refractivity contribution in [3.8, 4) is 0 Å². The van der Waals surface area contributed by atoms with Crippen LogP contribution in [0.25, 0.3) is 0 Å². The van der Waals surface area contributed by atoms with Crippen LogP contribution in [0.2, 0.25) is 0 Å². The van der Waals surface area contributed by atoms with Crippen molar-refractivity contribution in [2.75, 3.05) is 6.61 Å². The molecule has 0 bridgehead atoms. The topological polar surface area (TPSA) is 108 Å². The Kier molecular flexibility index (Phi) is 9.44. The number of hydrogen-bond acceptors (Lipinski definition) is 8. The number of aliphatic hydroxyl groups excluding tert-OH is 1. The Morgan fingerprint density at radius 2 is 1.28 bits per heavy atom. The predicted octanol–water partition coefficient (Wildman–Crippen LogP) is 1.47. The molecule has 0 aromatic heterocycles. The van der Waals surface area contributed by atoms with E-state index in [1.807, 2.05) is 20.8 Å². The van der Waals surface area contributed by atoms with Gasteiger partial charge in [-0.1, -0.05) is 20.8 Å². The normalized spacial score (nSPS) is 25.9. The summed E-state index contributed by atoms with van der Waals surface area (Å²) in [5.41, 5.74) is 0. The highest BCUT2D eigenvalue weighted by atomic mass is 16.7. The molecule has 0 aromatic carbocycles. The lowest BCUT2D eigenvalue weighted by Crippen LogP contribution is -2.57. The maximum absolute atomic E-state index is 11.9. The Morgan fingerprint density at radius 1 is 0.840 bits per heavy atom. The number of carbonyl (C=O) groups excluding carboxylic acids is 3. The minimum atomic E-state index is -1.46. The van der Waals surface area contributed by atoms with Gasteiger partial charge in [0.05, 0.1) is 6.61 Å². The van der Waals surface area contributed by atoms with Gasteiger partial charge in [-0.3, -0.25) is 14.4 Å². The van der Waals surface area contributed by atoms with Crippen LogP contribution in [0.15, 0.2) is 0 Å². The molecule has 1 fully saturated rings. The lowest BCUT2D eigenvalue weighted by Gasteiger charge is -2.38. The van der Waals surface area contributed by atoms with Gasteiger partial charge in [-0.05, 0) is 19.3 Å². The first kappa shape index (κ1) is 21.4. The van der Waals surface area contributed by atoms with Gasteiger partial charge in [-0.25, -0.2) is 0 Å². The van der Waals surface area contributed by atoms with E-state index in [1.165, 1.54) is 0 Å². The van der Waals surface area contributed by atoms with Crippen molar-refractivity contribution in [3.63, 3.8) is 0 Å². The van der Waals surface area contributed by atoms with Gasteiger partial charge in [0.25, 0.3) is 0 Å². The molecule has 0 aromatic rings. The molecule has 0 aliphatic carbocycles. The molecule has 144 valence electrons. The van der Waals surface area contributed by atoms with E-state index < -0.39 is 42.5 Å². The third-order valence-corrected chi connectivity index (χ3v) is 3.58. The van der Waals surface area contributed by atoms with Gasteiger partial charge < -0.3 is 24.1 Å². The Morgan fingerprint density at radius 3 is 1.76 bits per heavy atom. The second-order valence-electron chi connectivity index (χ2n) is 5.91. The highest BCUT2D eigenvalue weighted by Gasteiger charge is 2.46. The lowest BCUT2D eigenvalue weighted by molar-refractivity contribution is -0.268. The third kappa shape index (κ3) is 6.99. The Balaban J connectivity index is 2.91. The van der Waals surface area contributed by atoms with Crippen LogP contribution in [0.4, 0.5) is 0 Å². The number of carbonyl (C=O) groups is 3. The first-order chi connectivity index (χ1) is 11.9. The molecule has 1 aliphatic heterocycles. The molecule has 8 nitrogen and oxygen atoms in total. The van der Waals surface area contributed by atoms with Gasteiger partial charge in [-0.15, -0.1) is 0 Å². The largest absolute Gasteiger partial charge is 0.456 e. The molecular formula is C17H28O8. The number of ether oxygens (including phenoxy) is 4. The molecule has 8 heteroatoms. The zero-order valence-corrected chi connectivity index (χ0v) is 15.1. The van der Waals surface area contributed by atoms with Crippen molar-refractivity contribution in [3.05, 3.63) is 0 Å². The second kappa shape index (κ2) is 11.0. The van der Waals surface area contributed by atoms with Crippen molar-refractivity contribution in [1.29, 1.82) is 0 Å². The maximum Gasteiger partial charge on any atom is 0.306 e. The molecule has 1 rings (SSSR count). The van der Waals surface area contributed by atoms with Gasteiger partial charge in [0.15, 0.2) is 24.6 Å². The third-order valence-electron chi connectivity index (χ3n) is 3.58. The summed E-state index contributed by atoms with van der Waals surface area (Å²) in [5, 5.41) is 10.0. The van der Waals surface area contributed by atoms with Crippen LogP contribution in [0.5, 0.6) is 0 Å². The lowest BCUT2D eigenvalue weighted by atomic mass is 10.0. The van der Waals surface area contributed by atoms with Gasteiger partial charge in [-0.2, -0.15) is 0 Å². The fourth-order valence-corrected chi connectivity index (χ4v) is 2.39. The number of hydrogen-bond donors (Lipinski definition) is 1. The predicted molar refractivity (Wildman–Crippen MR) is 86.3 cm³/mol. The average Bonchev–Trinajstić information content (AvgIpc) is 2.54. The van der Waals surface area contributed by atoms with Crippen LogP contribution >= 0.6 is 0 Å². The van der Waals surface area contributed by atoms with Crippen molar-refractivity contribution in [1.82, 2.24) is 0 Å². The van der Waals surface area contributed by atoms with Crippen LogP contribution in [-0.2, 0) is 33.3 Å². The molecule has 4 unspecified atom stereocenters. The van der Waals surface area contributed by atoms with Gasteiger partial charge in [0, 0.05) is 19.3 Å². The zero-order valence-electron chi connectivity index (χ0n) is 15.1. The summed E-state index contributed by atoms with van der Waals surface area (Å²) in [5.74, 6) is -1.54. The zero-order chi connectivity index (χ0) is 18.8. The number of esters is 3. The van der Waals surface area contributed by atoms with Crippen LogP contribution in [0, 0.1) is 0 Å². The quantitative estimate of drug-likeness (QED) is 0.486. The van der Waals surface area contributed by atoms with Crippen molar-refractivity contribution >= 4 is 17.9 Å². The highest BCUT2D eigenvalue weighted by Crippen LogP contribution is 2.24. The SMILES string of the molecule is CCCC(=O)OC1COC(O)C(OC(=O)CCC)C1OC(=O)CCC. The van der Waals surface area contributed by atoms with Gasteiger partial charge >= 0.3 is 17.9 Å². The standard InChI is InChI=1S/C17H28O8/c1-4-7-12(18)23-11-10-22-17(21)16(25-14(20)9-6-3)15(11)24-13(19)8-5-2/h11,15-17,21H,4-10H2,1-3H3. The van der Waals surface area contributed by atoms with Gasteiger partial charge in [0.1, 0.15) is 0 Å². The molecular weight excluding hydrogens is 332 g/mol. The molecule has 0 saturated carbocycles. The van der Waals surface area contributed by atoms with Crippen LogP contribution in [0.1, 0.15) is 59.3 Å². The molecule has 1 aliphatic rings. The Labute approximate surface area is 147 Å². The van der Waals surface area contributed by atoms with E-state index in [0.29, 0.717) is 19.3 Å². The summed E-state index contributed by atoms with van der Waals surface area (Å²) in [4.78, 5) is 35.5. The van der Waals surface area contributed by atoms with Gasteiger partial charge in [0.2, 0.25) is 0 Å². The fraction of sp³-hybridized carbons (Fsp3) is 0.824. The van der Waals surface area contributed by atoms with Crippen molar-refractivity contribution in [2.24, 2.45) is 0 Å². The van der Waals surface area contributed by atoms with E-state index in [2.05, 4.69) is 0 Å². The first-order valence-corrected chi connectivity index (χ1v) is 8.80. The molecule has 1 saturated heterocycles. The summed E-state index contributed by atoms with van der Waals surface area (Å²) in [7, 11) is 0. The fourth-order valence-electron chi connectivity index (χ4n) is 2.39. The smallest absolute Gasteiger partial charge is 0.306 e.